The van der Waals surface area contributed by atoms with Crippen molar-refractivity contribution < 1.29 is 14.2 Å². The maximum Gasteiger partial charge on any atom is 0.273 e. The van der Waals surface area contributed by atoms with E-state index in [2.05, 4.69) is 5.16 Å². The van der Waals surface area contributed by atoms with Crippen LogP contribution in [0.5, 0.6) is 0 Å². The highest BCUT2D eigenvalue weighted by Gasteiger charge is 2.19. The molecule has 6 heteroatoms. The third-order valence-corrected chi connectivity index (χ3v) is 2.92. The van der Waals surface area contributed by atoms with Crippen molar-refractivity contribution in [3.05, 3.63) is 69.9 Å². The fourth-order valence-electron chi connectivity index (χ4n) is 1.93. The molecule has 2 aromatic carbocycles. The van der Waals surface area contributed by atoms with Crippen LogP contribution in [0.1, 0.15) is 16.1 Å². The summed E-state index contributed by atoms with van der Waals surface area (Å²) in [7, 11) is 0. The molecule has 0 aliphatic carbocycles. The minimum Gasteiger partial charge on any atom is -0.355 e. The summed E-state index contributed by atoms with van der Waals surface area (Å²) in [5.74, 6) is -0.279. The van der Waals surface area contributed by atoms with Gasteiger partial charge in [-0.05, 0) is 6.07 Å². The van der Waals surface area contributed by atoms with E-state index in [1.54, 1.807) is 30.3 Å². The Bertz CT molecular complexity index is 808. The van der Waals surface area contributed by atoms with Crippen molar-refractivity contribution in [2.24, 2.45) is 0 Å². The Balaban J connectivity index is 2.09. The third-order valence-electron chi connectivity index (χ3n) is 2.92. The molecule has 0 fully saturated rings. The second-order valence-corrected chi connectivity index (χ2v) is 4.16. The zero-order chi connectivity index (χ0) is 14.1. The molecule has 3 aromatic rings. The second kappa shape index (κ2) is 4.58. The third kappa shape index (κ3) is 1.93. The summed E-state index contributed by atoms with van der Waals surface area (Å²) in [4.78, 5) is 22.4. The fraction of sp³-hybridized carbons (Fsp3) is 0. The number of hydrogen-bond donors (Lipinski definition) is 0. The molecule has 1 heterocycles. The number of nitro benzene ring substituents is 1. The van der Waals surface area contributed by atoms with E-state index in [4.69, 9.17) is 4.52 Å². The predicted octanol–water partition coefficient (Wildman–Crippen LogP) is 2.97. The SMILES string of the molecule is O=C(c1ccccc1)c1noc2cc([N+](=O)[O-])ccc12. The molecule has 3 rings (SSSR count). The van der Waals surface area contributed by atoms with Crippen LogP contribution in [-0.2, 0) is 0 Å². The number of nitro groups is 1. The average Bonchev–Trinajstić information content (AvgIpc) is 2.90. The van der Waals surface area contributed by atoms with Crippen LogP contribution < -0.4 is 0 Å². The van der Waals surface area contributed by atoms with Gasteiger partial charge in [0.2, 0.25) is 5.78 Å². The molecule has 0 radical (unpaired) electrons. The van der Waals surface area contributed by atoms with Crippen LogP contribution in [0.25, 0.3) is 11.0 Å². The van der Waals surface area contributed by atoms with Crippen LogP contribution in [0.15, 0.2) is 53.1 Å². The van der Waals surface area contributed by atoms with Crippen molar-refractivity contribution in [3.8, 4) is 0 Å². The normalized spacial score (nSPS) is 10.6. The molecule has 0 N–H and O–H groups in total. The number of ketones is 1. The first-order chi connectivity index (χ1) is 9.66. The number of nitrogens with zero attached hydrogens (tertiary/aromatic N) is 2. The molecule has 0 spiro atoms. The molecule has 98 valence electrons. The lowest BCUT2D eigenvalue weighted by molar-refractivity contribution is -0.384. The van der Waals surface area contributed by atoms with E-state index in [0.717, 1.165) is 0 Å². The van der Waals surface area contributed by atoms with Gasteiger partial charge in [-0.25, -0.2) is 0 Å². The summed E-state index contributed by atoms with van der Waals surface area (Å²) < 4.78 is 5.01. The quantitative estimate of drug-likeness (QED) is 0.414. The van der Waals surface area contributed by atoms with E-state index in [1.165, 1.54) is 18.2 Å². The lowest BCUT2D eigenvalue weighted by Crippen LogP contribution is -2.01. The van der Waals surface area contributed by atoms with Gasteiger partial charge < -0.3 is 4.52 Å². The minimum atomic E-state index is -0.527. The van der Waals surface area contributed by atoms with Crippen molar-refractivity contribution in [1.82, 2.24) is 5.16 Å². The monoisotopic (exact) mass is 268 g/mol. The Kier molecular flexibility index (Phi) is 2.76. The maximum absolute atomic E-state index is 12.3. The number of carbonyl (C=O) groups excluding carboxylic acids is 1. The molecule has 0 unspecified atom stereocenters. The number of hydrogen-bond acceptors (Lipinski definition) is 5. The highest BCUT2D eigenvalue weighted by molar-refractivity contribution is 6.14. The topological polar surface area (TPSA) is 86.2 Å². The van der Waals surface area contributed by atoms with Crippen LogP contribution in [0.2, 0.25) is 0 Å². The Hall–Kier alpha value is -3.02. The van der Waals surface area contributed by atoms with Crippen LogP contribution in [0.4, 0.5) is 5.69 Å². The number of carbonyl (C=O) groups is 1. The summed E-state index contributed by atoms with van der Waals surface area (Å²) in [6.07, 6.45) is 0. The molecular weight excluding hydrogens is 260 g/mol. The molecule has 0 aliphatic heterocycles. The second-order valence-electron chi connectivity index (χ2n) is 4.16. The van der Waals surface area contributed by atoms with Gasteiger partial charge in [0, 0.05) is 11.6 Å². The fourth-order valence-corrected chi connectivity index (χ4v) is 1.93. The highest BCUT2D eigenvalue weighted by atomic mass is 16.6. The van der Waals surface area contributed by atoms with Gasteiger partial charge in [-0.3, -0.25) is 14.9 Å². The Morgan fingerprint density at radius 2 is 1.90 bits per heavy atom. The number of rotatable bonds is 3. The molecule has 1 aromatic heterocycles. The Labute approximate surface area is 112 Å². The molecular formula is C14H8N2O4. The molecule has 0 amide bonds. The van der Waals surface area contributed by atoms with E-state index >= 15 is 0 Å². The maximum atomic E-state index is 12.3. The van der Waals surface area contributed by atoms with Crippen molar-refractivity contribution >= 4 is 22.4 Å². The van der Waals surface area contributed by atoms with Gasteiger partial charge in [-0.1, -0.05) is 35.5 Å². The van der Waals surface area contributed by atoms with Crippen LogP contribution in [0.3, 0.4) is 0 Å². The van der Waals surface area contributed by atoms with E-state index in [9.17, 15) is 14.9 Å². The van der Waals surface area contributed by atoms with Gasteiger partial charge >= 0.3 is 0 Å². The van der Waals surface area contributed by atoms with Crippen LogP contribution in [0, 0.1) is 10.1 Å². The number of fused-ring (bicyclic) bond motifs is 1. The average molecular weight is 268 g/mol. The minimum absolute atomic E-state index is 0.104. The number of aromatic nitrogens is 1. The van der Waals surface area contributed by atoms with Crippen molar-refractivity contribution in [2.75, 3.05) is 0 Å². The molecule has 0 saturated heterocycles. The molecule has 0 saturated carbocycles. The Morgan fingerprint density at radius 3 is 2.60 bits per heavy atom. The molecule has 0 bridgehead atoms. The predicted molar refractivity (Wildman–Crippen MR) is 70.5 cm³/mol. The van der Waals surface area contributed by atoms with Gasteiger partial charge in [0.1, 0.15) is 0 Å². The van der Waals surface area contributed by atoms with Gasteiger partial charge in [0.15, 0.2) is 11.3 Å². The van der Waals surface area contributed by atoms with Gasteiger partial charge in [-0.2, -0.15) is 0 Å². The van der Waals surface area contributed by atoms with E-state index in [0.29, 0.717) is 10.9 Å². The smallest absolute Gasteiger partial charge is 0.273 e. The van der Waals surface area contributed by atoms with E-state index in [-0.39, 0.29) is 22.7 Å². The molecule has 6 nitrogen and oxygen atoms in total. The molecule has 0 aliphatic rings. The largest absolute Gasteiger partial charge is 0.355 e. The zero-order valence-electron chi connectivity index (χ0n) is 10.1. The van der Waals surface area contributed by atoms with Crippen LogP contribution >= 0.6 is 0 Å². The summed E-state index contributed by atoms with van der Waals surface area (Å²) in [5.41, 5.74) is 0.757. The molecule has 20 heavy (non-hydrogen) atoms. The highest BCUT2D eigenvalue weighted by Crippen LogP contribution is 2.25. The first-order valence-electron chi connectivity index (χ1n) is 5.80. The van der Waals surface area contributed by atoms with Gasteiger partial charge in [-0.15, -0.1) is 0 Å². The lowest BCUT2D eigenvalue weighted by Gasteiger charge is -1.96. The Morgan fingerprint density at radius 1 is 1.15 bits per heavy atom. The van der Waals surface area contributed by atoms with Gasteiger partial charge in [0.25, 0.3) is 5.69 Å². The number of non-ortho nitro benzene ring substituents is 1. The first kappa shape index (κ1) is 12.0. The van der Waals surface area contributed by atoms with E-state index < -0.39 is 4.92 Å². The number of benzene rings is 2. The van der Waals surface area contributed by atoms with Crippen LogP contribution in [-0.4, -0.2) is 15.9 Å². The first-order valence-corrected chi connectivity index (χ1v) is 5.80. The standard InChI is InChI=1S/C14H8N2O4/c17-14(9-4-2-1-3-5-9)13-11-7-6-10(16(18)19)8-12(11)20-15-13/h1-8H. The van der Waals surface area contributed by atoms with Crippen molar-refractivity contribution in [1.29, 1.82) is 0 Å². The van der Waals surface area contributed by atoms with Gasteiger partial charge in [0.05, 0.1) is 16.4 Å². The summed E-state index contributed by atoms with van der Waals surface area (Å²) in [6, 6.07) is 12.7. The summed E-state index contributed by atoms with van der Waals surface area (Å²) in [6.45, 7) is 0. The summed E-state index contributed by atoms with van der Waals surface area (Å²) >= 11 is 0. The van der Waals surface area contributed by atoms with E-state index in [1.807, 2.05) is 0 Å². The summed E-state index contributed by atoms with van der Waals surface area (Å²) in [5, 5.41) is 14.9. The van der Waals surface area contributed by atoms with Crippen molar-refractivity contribution in [2.45, 2.75) is 0 Å². The molecule has 0 atom stereocenters. The van der Waals surface area contributed by atoms with Crippen molar-refractivity contribution in [3.63, 3.8) is 0 Å². The zero-order valence-corrected chi connectivity index (χ0v) is 10.1. The lowest BCUT2D eigenvalue weighted by atomic mass is 10.1.